The summed E-state index contributed by atoms with van der Waals surface area (Å²) < 4.78 is 1.34. The number of carbonyl (C=O) groups is 1. The zero-order valence-electron chi connectivity index (χ0n) is 15.3. The summed E-state index contributed by atoms with van der Waals surface area (Å²) in [6.45, 7) is 4.85. The number of nitrogen functional groups attached to an aromatic ring is 1. The number of hydrogen-bond acceptors (Lipinski definition) is 5. The summed E-state index contributed by atoms with van der Waals surface area (Å²) in [7, 11) is 0. The molecule has 1 amide bonds. The Morgan fingerprint density at radius 3 is 2.58 bits per heavy atom. The SMILES string of the molecule is CCCCCN(C(=O)c1cccs1)c1c(N)n(CCCC)c(=O)[nH]c1=O. The first kappa shape index (κ1) is 20.0. The van der Waals surface area contributed by atoms with Crippen molar-refractivity contribution in [1.29, 1.82) is 0 Å². The summed E-state index contributed by atoms with van der Waals surface area (Å²) in [6, 6.07) is 3.51. The van der Waals surface area contributed by atoms with Crippen LogP contribution in [0.2, 0.25) is 0 Å². The number of hydrogen-bond donors (Lipinski definition) is 2. The van der Waals surface area contributed by atoms with Crippen LogP contribution in [0.5, 0.6) is 0 Å². The highest BCUT2D eigenvalue weighted by Gasteiger charge is 2.25. The molecule has 0 aliphatic carbocycles. The molecule has 3 N–H and O–H groups in total. The summed E-state index contributed by atoms with van der Waals surface area (Å²) in [5.41, 5.74) is 5.08. The highest BCUT2D eigenvalue weighted by molar-refractivity contribution is 7.12. The Morgan fingerprint density at radius 2 is 1.96 bits per heavy atom. The molecule has 2 heterocycles. The van der Waals surface area contributed by atoms with Crippen LogP contribution in [0.25, 0.3) is 0 Å². The Balaban J connectivity index is 2.50. The number of aromatic nitrogens is 2. The van der Waals surface area contributed by atoms with Crippen LogP contribution < -0.4 is 21.9 Å². The lowest BCUT2D eigenvalue weighted by Crippen LogP contribution is -2.41. The van der Waals surface area contributed by atoms with E-state index in [1.54, 1.807) is 12.1 Å². The van der Waals surface area contributed by atoms with Gasteiger partial charge in [0.15, 0.2) is 5.69 Å². The van der Waals surface area contributed by atoms with Crippen molar-refractivity contribution >= 4 is 28.7 Å². The molecule has 0 bridgehead atoms. The van der Waals surface area contributed by atoms with E-state index in [4.69, 9.17) is 5.73 Å². The number of thiophene rings is 1. The minimum atomic E-state index is -0.623. The maximum Gasteiger partial charge on any atom is 0.330 e. The van der Waals surface area contributed by atoms with Gasteiger partial charge in [-0.15, -0.1) is 11.3 Å². The third-order valence-corrected chi connectivity index (χ3v) is 5.04. The van der Waals surface area contributed by atoms with E-state index in [-0.39, 0.29) is 17.4 Å². The second-order valence-electron chi connectivity index (χ2n) is 6.14. The van der Waals surface area contributed by atoms with Crippen molar-refractivity contribution in [3.05, 3.63) is 43.2 Å². The lowest BCUT2D eigenvalue weighted by atomic mass is 10.2. The fraction of sp³-hybridized carbons (Fsp3) is 0.500. The fourth-order valence-corrected chi connectivity index (χ4v) is 3.42. The van der Waals surface area contributed by atoms with E-state index in [0.717, 1.165) is 32.1 Å². The molecule has 0 aromatic carbocycles. The van der Waals surface area contributed by atoms with Gasteiger partial charge in [0.2, 0.25) is 0 Å². The first-order valence-corrected chi connectivity index (χ1v) is 9.87. The van der Waals surface area contributed by atoms with E-state index in [0.29, 0.717) is 18.0 Å². The predicted octanol–water partition coefficient (Wildman–Crippen LogP) is 2.82. The van der Waals surface area contributed by atoms with E-state index in [1.165, 1.54) is 20.8 Å². The van der Waals surface area contributed by atoms with Gasteiger partial charge in [-0.1, -0.05) is 39.2 Å². The molecule has 0 saturated heterocycles. The Kier molecular flexibility index (Phi) is 7.20. The van der Waals surface area contributed by atoms with Crippen molar-refractivity contribution in [3.63, 3.8) is 0 Å². The van der Waals surface area contributed by atoms with Crippen LogP contribution in [-0.4, -0.2) is 22.0 Å². The van der Waals surface area contributed by atoms with E-state index in [1.807, 2.05) is 12.3 Å². The second-order valence-corrected chi connectivity index (χ2v) is 7.09. The smallest absolute Gasteiger partial charge is 0.330 e. The van der Waals surface area contributed by atoms with Crippen LogP contribution >= 0.6 is 11.3 Å². The highest BCUT2D eigenvalue weighted by Crippen LogP contribution is 2.22. The van der Waals surface area contributed by atoms with Crippen LogP contribution in [0.1, 0.15) is 55.6 Å². The molecule has 0 fully saturated rings. The number of rotatable bonds is 9. The molecule has 0 spiro atoms. The molecule has 0 unspecified atom stereocenters. The van der Waals surface area contributed by atoms with Gasteiger partial charge in [-0.05, 0) is 24.3 Å². The summed E-state index contributed by atoms with van der Waals surface area (Å²) in [4.78, 5) is 41.8. The molecule has 26 heavy (non-hydrogen) atoms. The predicted molar refractivity (Wildman–Crippen MR) is 106 cm³/mol. The number of aromatic amines is 1. The zero-order chi connectivity index (χ0) is 19.1. The Labute approximate surface area is 156 Å². The van der Waals surface area contributed by atoms with Gasteiger partial charge in [0.05, 0.1) is 4.88 Å². The van der Waals surface area contributed by atoms with Gasteiger partial charge in [0.25, 0.3) is 11.5 Å². The lowest BCUT2D eigenvalue weighted by molar-refractivity contribution is 0.0990. The molecular weight excluding hydrogens is 352 g/mol. The van der Waals surface area contributed by atoms with Crippen LogP contribution in [0.15, 0.2) is 27.1 Å². The fourth-order valence-electron chi connectivity index (χ4n) is 2.74. The van der Waals surface area contributed by atoms with Gasteiger partial charge in [0, 0.05) is 13.1 Å². The van der Waals surface area contributed by atoms with Crippen molar-refractivity contribution < 1.29 is 4.79 Å². The summed E-state index contributed by atoms with van der Waals surface area (Å²) in [6.07, 6.45) is 4.31. The van der Waals surface area contributed by atoms with Crippen molar-refractivity contribution in [3.8, 4) is 0 Å². The molecule has 8 heteroatoms. The monoisotopic (exact) mass is 378 g/mol. The number of unbranched alkanes of at least 4 members (excludes halogenated alkanes) is 3. The van der Waals surface area contributed by atoms with Crippen molar-refractivity contribution in [1.82, 2.24) is 9.55 Å². The first-order valence-electron chi connectivity index (χ1n) is 8.99. The van der Waals surface area contributed by atoms with Gasteiger partial charge in [-0.2, -0.15) is 0 Å². The number of nitrogens with zero attached hydrogens (tertiary/aromatic N) is 2. The third kappa shape index (κ3) is 4.43. The number of carbonyl (C=O) groups excluding carboxylic acids is 1. The maximum absolute atomic E-state index is 13.0. The average Bonchev–Trinajstić information content (AvgIpc) is 3.14. The molecule has 7 nitrogen and oxygen atoms in total. The summed E-state index contributed by atoms with van der Waals surface area (Å²) in [5.74, 6) is -0.220. The Hall–Kier alpha value is -2.35. The van der Waals surface area contributed by atoms with Crippen molar-refractivity contribution in [2.24, 2.45) is 0 Å². The van der Waals surface area contributed by atoms with E-state index in [9.17, 15) is 14.4 Å². The number of nitrogens with one attached hydrogen (secondary N) is 1. The van der Waals surface area contributed by atoms with Gasteiger partial charge in [0.1, 0.15) is 5.82 Å². The molecule has 2 rings (SSSR count). The van der Waals surface area contributed by atoms with Gasteiger partial charge in [-0.25, -0.2) is 4.79 Å². The van der Waals surface area contributed by atoms with Crippen LogP contribution in [0.3, 0.4) is 0 Å². The molecule has 0 aliphatic heterocycles. The normalized spacial score (nSPS) is 10.8. The standard InChI is InChI=1S/C18H26N4O3S/c1-3-5-7-11-21(17(24)13-9-8-12-26-13)14-15(19)22(10-6-4-2)18(25)20-16(14)23/h8-9,12H,3-7,10-11,19H2,1-2H3,(H,20,23,25). The Morgan fingerprint density at radius 1 is 1.23 bits per heavy atom. The van der Waals surface area contributed by atoms with Gasteiger partial charge >= 0.3 is 5.69 Å². The molecule has 0 radical (unpaired) electrons. The quantitative estimate of drug-likeness (QED) is 0.655. The first-order chi connectivity index (χ1) is 12.5. The van der Waals surface area contributed by atoms with Crippen LogP contribution in [0.4, 0.5) is 11.5 Å². The lowest BCUT2D eigenvalue weighted by Gasteiger charge is -2.24. The van der Waals surface area contributed by atoms with E-state index in [2.05, 4.69) is 11.9 Å². The minimum absolute atomic E-state index is 0.0496. The number of amides is 1. The molecule has 2 aromatic heterocycles. The molecule has 0 saturated carbocycles. The molecule has 2 aromatic rings. The second kappa shape index (κ2) is 9.38. The molecule has 0 atom stereocenters. The highest BCUT2D eigenvalue weighted by atomic mass is 32.1. The largest absolute Gasteiger partial charge is 0.383 e. The van der Waals surface area contributed by atoms with Crippen LogP contribution in [-0.2, 0) is 6.54 Å². The Bertz CT molecular complexity index is 839. The minimum Gasteiger partial charge on any atom is -0.383 e. The van der Waals surface area contributed by atoms with Gasteiger partial charge < -0.3 is 5.73 Å². The van der Waals surface area contributed by atoms with Crippen LogP contribution in [0, 0.1) is 0 Å². The number of nitrogens with two attached hydrogens (primary N) is 1. The number of anilines is 2. The topological polar surface area (TPSA) is 101 Å². The molecular formula is C18H26N4O3S. The zero-order valence-corrected chi connectivity index (χ0v) is 16.1. The van der Waals surface area contributed by atoms with Crippen molar-refractivity contribution in [2.75, 3.05) is 17.2 Å². The maximum atomic E-state index is 13.0. The molecule has 0 aliphatic rings. The van der Waals surface area contributed by atoms with Crippen molar-refractivity contribution in [2.45, 2.75) is 52.5 Å². The summed E-state index contributed by atoms with van der Waals surface area (Å²) in [5, 5.41) is 1.81. The van der Waals surface area contributed by atoms with E-state index < -0.39 is 11.2 Å². The third-order valence-electron chi connectivity index (χ3n) is 4.18. The summed E-state index contributed by atoms with van der Waals surface area (Å²) >= 11 is 1.31. The van der Waals surface area contributed by atoms with E-state index >= 15 is 0 Å². The van der Waals surface area contributed by atoms with Gasteiger partial charge in [-0.3, -0.25) is 24.0 Å². The molecule has 142 valence electrons. The number of H-pyrrole nitrogens is 1. The average molecular weight is 378 g/mol.